The SMILES string of the molecule is CN1CCN(C)C(c2ccc(Nc3nc(N4CCC[C@H](NC(=O)c5ccc(C(C)(C)CO)cc5)C4)nn4ccnc34)cc2)C1=O. The Labute approximate surface area is 263 Å². The number of anilines is 3. The van der Waals surface area contributed by atoms with Gasteiger partial charge in [0, 0.05) is 68.3 Å². The number of amides is 2. The third kappa shape index (κ3) is 6.34. The first-order valence-electron chi connectivity index (χ1n) is 15.4. The Morgan fingerprint density at radius 1 is 1.04 bits per heavy atom. The number of hydrogen-bond donors (Lipinski definition) is 3. The van der Waals surface area contributed by atoms with Crippen LogP contribution in [0.25, 0.3) is 5.65 Å². The minimum atomic E-state index is -0.365. The van der Waals surface area contributed by atoms with E-state index in [9.17, 15) is 14.7 Å². The number of likely N-dealkylation sites (N-methyl/N-ethyl adjacent to an activating group) is 2. The highest BCUT2D eigenvalue weighted by atomic mass is 16.3. The molecule has 4 heterocycles. The molecule has 2 aromatic heterocycles. The third-order valence-corrected chi connectivity index (χ3v) is 8.93. The second kappa shape index (κ2) is 12.4. The van der Waals surface area contributed by atoms with Crippen LogP contribution in [0.15, 0.2) is 60.9 Å². The van der Waals surface area contributed by atoms with Gasteiger partial charge in [0.05, 0.1) is 6.61 Å². The predicted molar refractivity (Wildman–Crippen MR) is 173 cm³/mol. The summed E-state index contributed by atoms with van der Waals surface area (Å²) in [5.41, 5.74) is 3.57. The van der Waals surface area contributed by atoms with Crippen molar-refractivity contribution in [3.8, 4) is 0 Å². The van der Waals surface area contributed by atoms with Gasteiger partial charge in [-0.3, -0.25) is 14.5 Å². The number of aromatic nitrogens is 4. The summed E-state index contributed by atoms with van der Waals surface area (Å²) in [5.74, 6) is 1.09. The first-order chi connectivity index (χ1) is 21.6. The average molecular weight is 612 g/mol. The van der Waals surface area contributed by atoms with E-state index in [1.54, 1.807) is 21.8 Å². The van der Waals surface area contributed by atoms with Gasteiger partial charge in [-0.2, -0.15) is 4.98 Å². The van der Waals surface area contributed by atoms with E-state index in [0.717, 1.165) is 49.3 Å². The zero-order valence-electron chi connectivity index (χ0n) is 26.3. The van der Waals surface area contributed by atoms with E-state index in [-0.39, 0.29) is 35.9 Å². The van der Waals surface area contributed by atoms with Gasteiger partial charge in [-0.15, -0.1) is 5.10 Å². The second-order valence-electron chi connectivity index (χ2n) is 12.7. The molecule has 2 aliphatic rings. The van der Waals surface area contributed by atoms with E-state index in [0.29, 0.717) is 29.5 Å². The number of aliphatic hydroxyl groups excluding tert-OH is 1. The van der Waals surface area contributed by atoms with Gasteiger partial charge >= 0.3 is 0 Å². The standard InChI is InChI=1S/C33H41N9O3/c1-33(2,21-43)24-11-7-23(8-12-24)30(44)36-26-6-5-16-41(20-26)32-37-28(29-34-15-17-42(29)38-32)35-25-13-9-22(10-14-25)27-31(45)40(4)19-18-39(27)3/h7-15,17,26-27,43H,5-6,16,18-21H2,1-4H3,(H,36,44)(H,35,37,38)/t26-,27?/m0/s1. The highest BCUT2D eigenvalue weighted by molar-refractivity contribution is 5.94. The smallest absolute Gasteiger partial charge is 0.251 e. The van der Waals surface area contributed by atoms with Crippen LogP contribution in [0.1, 0.15) is 54.2 Å². The summed E-state index contributed by atoms with van der Waals surface area (Å²) >= 11 is 0. The monoisotopic (exact) mass is 611 g/mol. The summed E-state index contributed by atoms with van der Waals surface area (Å²) in [4.78, 5) is 41.2. The van der Waals surface area contributed by atoms with Crippen molar-refractivity contribution in [3.63, 3.8) is 0 Å². The van der Waals surface area contributed by atoms with E-state index in [1.165, 1.54) is 0 Å². The zero-order valence-corrected chi connectivity index (χ0v) is 26.3. The average Bonchev–Trinajstić information content (AvgIpc) is 3.53. The van der Waals surface area contributed by atoms with Gasteiger partial charge in [-0.1, -0.05) is 38.1 Å². The summed E-state index contributed by atoms with van der Waals surface area (Å²) in [6, 6.07) is 14.9. The molecule has 0 saturated carbocycles. The van der Waals surface area contributed by atoms with Crippen molar-refractivity contribution in [2.75, 3.05) is 57.1 Å². The zero-order chi connectivity index (χ0) is 31.7. The lowest BCUT2D eigenvalue weighted by Gasteiger charge is -2.37. The first kappa shape index (κ1) is 30.5. The van der Waals surface area contributed by atoms with Gasteiger partial charge < -0.3 is 25.5 Å². The number of aliphatic hydroxyl groups is 1. The number of nitrogens with zero attached hydrogens (tertiary/aromatic N) is 7. The van der Waals surface area contributed by atoms with Crippen LogP contribution in [-0.2, 0) is 10.2 Å². The highest BCUT2D eigenvalue weighted by Gasteiger charge is 2.32. The van der Waals surface area contributed by atoms with E-state index < -0.39 is 0 Å². The molecule has 0 radical (unpaired) electrons. The maximum Gasteiger partial charge on any atom is 0.251 e. The molecule has 6 rings (SSSR count). The molecule has 0 bridgehead atoms. The van der Waals surface area contributed by atoms with Crippen molar-refractivity contribution >= 4 is 34.9 Å². The Kier molecular flexibility index (Phi) is 8.43. The van der Waals surface area contributed by atoms with Crippen LogP contribution in [0.5, 0.6) is 0 Å². The summed E-state index contributed by atoms with van der Waals surface area (Å²) in [5, 5.41) is 21.0. The minimum Gasteiger partial charge on any atom is -0.395 e. The molecule has 1 unspecified atom stereocenters. The number of piperazine rings is 1. The van der Waals surface area contributed by atoms with Gasteiger partial charge in [0.2, 0.25) is 11.9 Å². The molecule has 0 spiro atoms. The summed E-state index contributed by atoms with van der Waals surface area (Å²) in [6.07, 6.45) is 5.22. The Morgan fingerprint density at radius 3 is 2.53 bits per heavy atom. The van der Waals surface area contributed by atoms with Gasteiger partial charge in [0.25, 0.3) is 5.91 Å². The number of hydrogen-bond acceptors (Lipinski definition) is 9. The van der Waals surface area contributed by atoms with Crippen molar-refractivity contribution < 1.29 is 14.7 Å². The molecule has 4 aromatic rings. The summed E-state index contributed by atoms with van der Waals surface area (Å²) in [7, 11) is 3.83. The van der Waals surface area contributed by atoms with Crippen LogP contribution in [0.2, 0.25) is 0 Å². The van der Waals surface area contributed by atoms with Crippen molar-refractivity contribution in [1.29, 1.82) is 0 Å². The molecule has 45 heavy (non-hydrogen) atoms. The molecule has 2 saturated heterocycles. The van der Waals surface area contributed by atoms with E-state index in [1.807, 2.05) is 76.5 Å². The van der Waals surface area contributed by atoms with Gasteiger partial charge in [0.15, 0.2) is 11.5 Å². The van der Waals surface area contributed by atoms with Gasteiger partial charge in [-0.05, 0) is 55.3 Å². The Morgan fingerprint density at radius 2 is 1.80 bits per heavy atom. The molecular weight excluding hydrogens is 570 g/mol. The van der Waals surface area contributed by atoms with Crippen molar-refractivity contribution in [1.82, 2.24) is 34.7 Å². The lowest BCUT2D eigenvalue weighted by molar-refractivity contribution is -0.139. The Bertz CT molecular complexity index is 1670. The van der Waals surface area contributed by atoms with Gasteiger partial charge in [0.1, 0.15) is 6.04 Å². The number of imidazole rings is 1. The van der Waals surface area contributed by atoms with Crippen LogP contribution in [0, 0.1) is 0 Å². The van der Waals surface area contributed by atoms with E-state index in [2.05, 4.69) is 25.4 Å². The fourth-order valence-electron chi connectivity index (χ4n) is 5.97. The fourth-order valence-corrected chi connectivity index (χ4v) is 5.97. The molecule has 2 fully saturated rings. The molecule has 12 nitrogen and oxygen atoms in total. The normalized spacial score (nSPS) is 19.6. The Balaban J connectivity index is 1.16. The largest absolute Gasteiger partial charge is 0.395 e. The van der Waals surface area contributed by atoms with Crippen LogP contribution in [0.4, 0.5) is 17.5 Å². The van der Waals surface area contributed by atoms with Crippen molar-refractivity contribution in [2.45, 2.75) is 44.2 Å². The maximum absolute atomic E-state index is 13.1. The van der Waals surface area contributed by atoms with Crippen LogP contribution >= 0.6 is 0 Å². The lowest BCUT2D eigenvalue weighted by atomic mass is 9.85. The molecule has 2 aromatic carbocycles. The van der Waals surface area contributed by atoms with Crippen molar-refractivity contribution in [3.05, 3.63) is 77.6 Å². The molecule has 3 N–H and O–H groups in total. The number of benzene rings is 2. The highest BCUT2D eigenvalue weighted by Crippen LogP contribution is 2.28. The number of rotatable bonds is 8. The first-order valence-corrected chi connectivity index (χ1v) is 15.4. The number of carbonyl (C=O) groups is 2. The predicted octanol–water partition coefficient (Wildman–Crippen LogP) is 2.98. The molecular formula is C33H41N9O3. The number of fused-ring (bicyclic) bond motifs is 1. The summed E-state index contributed by atoms with van der Waals surface area (Å²) in [6.45, 7) is 6.87. The molecule has 0 aliphatic carbocycles. The van der Waals surface area contributed by atoms with Crippen LogP contribution < -0.4 is 15.5 Å². The molecule has 2 amide bonds. The van der Waals surface area contributed by atoms with Gasteiger partial charge in [-0.25, -0.2) is 9.50 Å². The van der Waals surface area contributed by atoms with Crippen LogP contribution in [0.3, 0.4) is 0 Å². The molecule has 236 valence electrons. The molecule has 2 atom stereocenters. The molecule has 2 aliphatic heterocycles. The van der Waals surface area contributed by atoms with E-state index in [4.69, 9.17) is 10.1 Å². The Hall–Kier alpha value is -4.55. The second-order valence-corrected chi connectivity index (χ2v) is 12.7. The fraction of sp³-hybridized carbons (Fsp3) is 0.424. The number of carbonyl (C=O) groups excluding carboxylic acids is 2. The maximum atomic E-state index is 13.1. The minimum absolute atomic E-state index is 0.0330. The number of piperidine rings is 1. The molecule has 12 heteroatoms. The summed E-state index contributed by atoms with van der Waals surface area (Å²) < 4.78 is 1.71. The topological polar surface area (TPSA) is 131 Å². The third-order valence-electron chi connectivity index (χ3n) is 8.93. The quantitative estimate of drug-likeness (QED) is 0.275. The number of nitrogens with one attached hydrogen (secondary N) is 2. The lowest BCUT2D eigenvalue weighted by Crippen LogP contribution is -2.48. The van der Waals surface area contributed by atoms with Crippen molar-refractivity contribution in [2.24, 2.45) is 0 Å². The van der Waals surface area contributed by atoms with E-state index >= 15 is 0 Å². The van der Waals surface area contributed by atoms with Crippen LogP contribution in [-0.4, -0.2) is 99.2 Å².